The van der Waals surface area contributed by atoms with Gasteiger partial charge in [-0.05, 0) is 31.8 Å². The van der Waals surface area contributed by atoms with Gasteiger partial charge in [0, 0.05) is 0 Å². The van der Waals surface area contributed by atoms with Gasteiger partial charge in [0.25, 0.3) is 0 Å². The van der Waals surface area contributed by atoms with Crippen LogP contribution in [-0.4, -0.2) is 0 Å². The summed E-state index contributed by atoms with van der Waals surface area (Å²) in [6.45, 7) is 0. The Hall–Kier alpha value is -3.38. The highest BCUT2D eigenvalue weighted by Gasteiger charge is 1.82. The maximum atomic E-state index is 3.31. The summed E-state index contributed by atoms with van der Waals surface area (Å²) in [4.78, 5) is 0. The van der Waals surface area contributed by atoms with Crippen LogP contribution < -0.4 is 0 Å². The van der Waals surface area contributed by atoms with Gasteiger partial charge in [-0.2, -0.15) is 0 Å². The highest BCUT2D eigenvalue weighted by atomic mass is 13.9. The van der Waals surface area contributed by atoms with Gasteiger partial charge < -0.3 is 0 Å². The molecule has 0 heteroatoms. The van der Waals surface area contributed by atoms with Crippen LogP contribution in [0.1, 0.15) is 25.7 Å². The van der Waals surface area contributed by atoms with Crippen molar-refractivity contribution in [1.29, 1.82) is 0 Å². The summed E-state index contributed by atoms with van der Waals surface area (Å²) >= 11 is 0. The minimum Gasteiger partial charge on any atom is -0.0845 e. The Balaban J connectivity index is 2.56. The van der Waals surface area contributed by atoms with E-state index in [1.54, 1.807) is 0 Å². The predicted octanol–water partition coefficient (Wildman–Crippen LogP) is 8.59. The first-order chi connectivity index (χ1) is 15.0. The highest BCUT2D eigenvalue weighted by Crippen LogP contribution is 2.01. The lowest BCUT2D eigenvalue weighted by molar-refractivity contribution is 0.754. The molecule has 1 aliphatic rings. The molecule has 30 heavy (non-hydrogen) atoms. The van der Waals surface area contributed by atoms with Crippen LogP contribution in [0.5, 0.6) is 0 Å². The number of hydrogen-bond acceptors (Lipinski definition) is 0. The molecule has 1 radical (unpaired) electrons. The molecular weight excluding hydrogens is 360 g/mol. The average molecular weight is 394 g/mol. The van der Waals surface area contributed by atoms with Crippen molar-refractivity contribution in [2.75, 3.05) is 0 Å². The summed E-state index contributed by atoms with van der Waals surface area (Å²) in [6.07, 6.45) is 58.5. The Morgan fingerprint density at radius 1 is 0.333 bits per heavy atom. The SMILES string of the molecule is [C]1=C/C=C\C=C/C=C\C=C/C=C\C=C/C=C\C=C/C=C\C=C/C=C\C=C/CCCC\1. The molecule has 0 fully saturated rings. The first-order valence-corrected chi connectivity index (χ1v) is 10.6. The van der Waals surface area contributed by atoms with Crippen molar-refractivity contribution in [3.8, 4) is 0 Å². The van der Waals surface area contributed by atoms with E-state index in [0.29, 0.717) is 0 Å². The first-order valence-electron chi connectivity index (χ1n) is 10.6. The van der Waals surface area contributed by atoms with Gasteiger partial charge in [0.1, 0.15) is 0 Å². The van der Waals surface area contributed by atoms with Crippen LogP contribution in [0.15, 0.2) is 152 Å². The Morgan fingerprint density at radius 3 is 1.07 bits per heavy atom. The fourth-order valence-corrected chi connectivity index (χ4v) is 2.22. The summed E-state index contributed by atoms with van der Waals surface area (Å²) in [5, 5.41) is 0. The topological polar surface area (TPSA) is 0 Å². The molecule has 0 spiro atoms. The van der Waals surface area contributed by atoms with Gasteiger partial charge in [-0.15, -0.1) is 0 Å². The lowest BCUT2D eigenvalue weighted by Crippen LogP contribution is -1.72. The van der Waals surface area contributed by atoms with E-state index in [1.807, 2.05) is 134 Å². The van der Waals surface area contributed by atoms with E-state index >= 15 is 0 Å². The van der Waals surface area contributed by atoms with Crippen molar-refractivity contribution in [1.82, 2.24) is 0 Å². The van der Waals surface area contributed by atoms with Crippen LogP contribution in [0.4, 0.5) is 0 Å². The van der Waals surface area contributed by atoms with E-state index in [1.165, 1.54) is 12.8 Å². The molecule has 0 N–H and O–H groups in total. The summed E-state index contributed by atoms with van der Waals surface area (Å²) in [5.41, 5.74) is 0. The summed E-state index contributed by atoms with van der Waals surface area (Å²) in [5.74, 6) is 0. The zero-order valence-electron chi connectivity index (χ0n) is 17.8. The molecule has 0 aromatic carbocycles. The van der Waals surface area contributed by atoms with E-state index < -0.39 is 0 Å². The largest absolute Gasteiger partial charge is 0.0845 e. The Kier molecular flexibility index (Phi) is 18.0. The van der Waals surface area contributed by atoms with Crippen LogP contribution in [0.3, 0.4) is 0 Å². The normalized spacial score (nSPS) is 30.9. The Morgan fingerprint density at radius 2 is 0.667 bits per heavy atom. The zero-order chi connectivity index (χ0) is 21.2. The molecule has 153 valence electrons. The molecule has 0 unspecified atom stereocenters. The summed E-state index contributed by atoms with van der Waals surface area (Å²) in [7, 11) is 0. The molecular formula is C30H33. The van der Waals surface area contributed by atoms with E-state index in [2.05, 4.69) is 24.3 Å². The minimum absolute atomic E-state index is 1.00. The van der Waals surface area contributed by atoms with Crippen LogP contribution in [0.25, 0.3) is 0 Å². The Labute approximate surface area is 183 Å². The summed E-state index contributed by atoms with van der Waals surface area (Å²) < 4.78 is 0. The fraction of sp³-hybridized carbons (Fsp3) is 0.133. The van der Waals surface area contributed by atoms with Crippen LogP contribution in [0.2, 0.25) is 0 Å². The number of rotatable bonds is 0. The van der Waals surface area contributed by atoms with Crippen LogP contribution in [0, 0.1) is 6.08 Å². The van der Waals surface area contributed by atoms with Crippen molar-refractivity contribution in [3.63, 3.8) is 0 Å². The quantitative estimate of drug-likeness (QED) is 0.386. The molecule has 0 atom stereocenters. The molecule has 0 saturated heterocycles. The number of hydrogen-bond donors (Lipinski definition) is 0. The molecule has 1 rings (SSSR count). The molecule has 1 aliphatic carbocycles. The second-order valence-corrected chi connectivity index (χ2v) is 6.28. The standard InChI is InChI=1S/C30H33/c1-2-4-6-8-10-12-14-16-18-20-22-24-26-28-30-29-27-25-23-21-19-17-15-13-11-9-7-5-3-1/h1-25H,26,28-30H2/b3-1-,4-2-,7-5-,8-6-,11-9-,12-10-,15-13-,16-14-,19-17-,20-18-,23-21-,24-22-,27-25?. The van der Waals surface area contributed by atoms with Crippen molar-refractivity contribution in [2.24, 2.45) is 0 Å². The average Bonchev–Trinajstić information content (AvgIpc) is 2.76. The monoisotopic (exact) mass is 393 g/mol. The molecule has 0 heterocycles. The van der Waals surface area contributed by atoms with Crippen molar-refractivity contribution < 1.29 is 0 Å². The van der Waals surface area contributed by atoms with Gasteiger partial charge in [0.15, 0.2) is 0 Å². The van der Waals surface area contributed by atoms with Crippen molar-refractivity contribution in [3.05, 3.63) is 158 Å². The second-order valence-electron chi connectivity index (χ2n) is 6.28. The van der Waals surface area contributed by atoms with E-state index in [4.69, 9.17) is 0 Å². The third-order valence-corrected chi connectivity index (χ3v) is 3.74. The molecule has 0 aliphatic heterocycles. The third-order valence-electron chi connectivity index (χ3n) is 3.74. The van der Waals surface area contributed by atoms with E-state index in [9.17, 15) is 0 Å². The van der Waals surface area contributed by atoms with Crippen molar-refractivity contribution in [2.45, 2.75) is 25.7 Å². The van der Waals surface area contributed by atoms with E-state index in [-0.39, 0.29) is 0 Å². The number of allylic oxidation sites excluding steroid dienone is 26. The summed E-state index contributed by atoms with van der Waals surface area (Å²) in [6, 6.07) is 0. The lowest BCUT2D eigenvalue weighted by Gasteiger charge is -1.91. The molecule has 0 aromatic rings. The molecule has 0 bridgehead atoms. The van der Waals surface area contributed by atoms with Crippen LogP contribution in [-0.2, 0) is 0 Å². The highest BCUT2D eigenvalue weighted by molar-refractivity contribution is 5.23. The van der Waals surface area contributed by atoms with Gasteiger partial charge >= 0.3 is 0 Å². The predicted molar refractivity (Wildman–Crippen MR) is 136 cm³/mol. The minimum atomic E-state index is 1.00. The second kappa shape index (κ2) is 21.9. The smallest absolute Gasteiger partial charge is 0.0276 e. The van der Waals surface area contributed by atoms with E-state index in [0.717, 1.165) is 12.8 Å². The maximum Gasteiger partial charge on any atom is -0.0276 e. The van der Waals surface area contributed by atoms with Gasteiger partial charge in [-0.3, -0.25) is 0 Å². The molecule has 0 aromatic heterocycles. The zero-order valence-corrected chi connectivity index (χ0v) is 17.8. The first kappa shape index (κ1) is 24.7. The Bertz CT molecular complexity index is 723. The van der Waals surface area contributed by atoms with Gasteiger partial charge in [-0.1, -0.05) is 152 Å². The molecule has 0 saturated carbocycles. The van der Waals surface area contributed by atoms with Crippen LogP contribution >= 0.6 is 0 Å². The van der Waals surface area contributed by atoms with Crippen molar-refractivity contribution >= 4 is 0 Å². The molecule has 0 nitrogen and oxygen atoms in total. The maximum absolute atomic E-state index is 3.31. The third kappa shape index (κ3) is 19.4. The lowest BCUT2D eigenvalue weighted by atomic mass is 10.2. The fourth-order valence-electron chi connectivity index (χ4n) is 2.22. The molecule has 0 amide bonds. The van der Waals surface area contributed by atoms with Gasteiger partial charge in [-0.25, -0.2) is 0 Å². The van der Waals surface area contributed by atoms with Gasteiger partial charge in [0.05, 0.1) is 0 Å². The van der Waals surface area contributed by atoms with Gasteiger partial charge in [0.2, 0.25) is 0 Å².